The number of hydrogen-bond acceptors (Lipinski definition) is 3. The van der Waals surface area contributed by atoms with Crippen molar-refractivity contribution in [2.24, 2.45) is 0 Å². The third-order valence-electron chi connectivity index (χ3n) is 0.728. The van der Waals surface area contributed by atoms with Crippen molar-refractivity contribution in [3.63, 3.8) is 0 Å². The normalized spacial score (nSPS) is 9.27. The van der Waals surface area contributed by atoms with Gasteiger partial charge in [0.15, 0.2) is 5.01 Å². The number of rotatable bonds is 1. The minimum Gasteiger partial charge on any atom is -0.202 e. The molecule has 1 aromatic rings. The van der Waals surface area contributed by atoms with E-state index in [1.54, 1.807) is 6.92 Å². The van der Waals surface area contributed by atoms with Gasteiger partial charge >= 0.3 is 0 Å². The molecule has 0 amide bonds. The average Bonchev–Trinajstić information content (AvgIpc) is 2.40. The first-order valence-corrected chi connectivity index (χ1v) is 4.10. The van der Waals surface area contributed by atoms with E-state index >= 15 is 0 Å². The van der Waals surface area contributed by atoms with Gasteiger partial charge in [0.2, 0.25) is 0 Å². The van der Waals surface area contributed by atoms with Crippen LogP contribution in [0.2, 0.25) is 0 Å². The summed E-state index contributed by atoms with van der Waals surface area (Å²) in [5.74, 6) is 0. The number of aromatic nitrogens is 2. The standard InChI is InChI=1S/C4H4F2N2S.C2H6/c1-2-7-8-4(9-2)3(5)6;1-2/h3H,1H3;1-2H3. The van der Waals surface area contributed by atoms with Crippen molar-refractivity contribution >= 4 is 11.3 Å². The summed E-state index contributed by atoms with van der Waals surface area (Å²) < 4.78 is 23.4. The molecular formula is C6H10F2N2S. The molecule has 5 heteroatoms. The lowest BCUT2D eigenvalue weighted by molar-refractivity contribution is 0.150. The van der Waals surface area contributed by atoms with E-state index in [-0.39, 0.29) is 5.01 Å². The van der Waals surface area contributed by atoms with Gasteiger partial charge < -0.3 is 0 Å². The van der Waals surface area contributed by atoms with Gasteiger partial charge in [-0.15, -0.1) is 10.2 Å². The highest BCUT2D eigenvalue weighted by Gasteiger charge is 2.11. The van der Waals surface area contributed by atoms with Gasteiger partial charge in [-0.25, -0.2) is 8.78 Å². The van der Waals surface area contributed by atoms with E-state index in [4.69, 9.17) is 0 Å². The number of halogens is 2. The summed E-state index contributed by atoms with van der Waals surface area (Å²) in [6, 6.07) is 0. The number of aryl methyl sites for hydroxylation is 1. The summed E-state index contributed by atoms with van der Waals surface area (Å²) in [7, 11) is 0. The van der Waals surface area contributed by atoms with Gasteiger partial charge in [0.1, 0.15) is 5.01 Å². The highest BCUT2D eigenvalue weighted by molar-refractivity contribution is 7.11. The zero-order valence-electron chi connectivity index (χ0n) is 6.64. The van der Waals surface area contributed by atoms with Crippen molar-refractivity contribution in [3.05, 3.63) is 10.0 Å². The van der Waals surface area contributed by atoms with Crippen molar-refractivity contribution in [2.45, 2.75) is 27.2 Å². The summed E-state index contributed by atoms with van der Waals surface area (Å²) in [4.78, 5) is 0. The molecule has 0 aliphatic rings. The van der Waals surface area contributed by atoms with E-state index in [0.717, 1.165) is 11.3 Å². The Hall–Kier alpha value is -0.580. The van der Waals surface area contributed by atoms with E-state index in [1.165, 1.54) is 0 Å². The van der Waals surface area contributed by atoms with Gasteiger partial charge in [0.25, 0.3) is 6.43 Å². The number of alkyl halides is 2. The summed E-state index contributed by atoms with van der Waals surface area (Å²) in [6.07, 6.45) is -2.48. The van der Waals surface area contributed by atoms with Gasteiger partial charge in [-0.3, -0.25) is 0 Å². The Bertz CT molecular complexity index is 200. The Morgan fingerprint density at radius 1 is 1.27 bits per heavy atom. The molecule has 1 heterocycles. The molecule has 0 radical (unpaired) electrons. The predicted octanol–water partition coefficient (Wildman–Crippen LogP) is 2.81. The van der Waals surface area contributed by atoms with E-state index in [1.807, 2.05) is 13.8 Å². The first kappa shape index (κ1) is 10.4. The molecule has 1 rings (SSSR count). The molecular weight excluding hydrogens is 170 g/mol. The Morgan fingerprint density at radius 2 is 1.82 bits per heavy atom. The van der Waals surface area contributed by atoms with E-state index in [2.05, 4.69) is 10.2 Å². The summed E-state index contributed by atoms with van der Waals surface area (Å²) in [5.41, 5.74) is 0. The highest BCUT2D eigenvalue weighted by Crippen LogP contribution is 2.21. The molecule has 0 unspecified atom stereocenters. The lowest BCUT2D eigenvalue weighted by Crippen LogP contribution is -1.80. The molecule has 0 aliphatic carbocycles. The van der Waals surface area contributed by atoms with Crippen LogP contribution < -0.4 is 0 Å². The Balaban J connectivity index is 0.000000461. The predicted molar refractivity (Wildman–Crippen MR) is 41.0 cm³/mol. The lowest BCUT2D eigenvalue weighted by atomic mass is 10.8. The van der Waals surface area contributed by atoms with Crippen LogP contribution in [0.1, 0.15) is 30.3 Å². The molecule has 0 saturated heterocycles. The Kier molecular flexibility index (Phi) is 4.85. The van der Waals surface area contributed by atoms with Gasteiger partial charge in [-0.1, -0.05) is 25.2 Å². The van der Waals surface area contributed by atoms with Crippen molar-refractivity contribution in [3.8, 4) is 0 Å². The molecule has 0 aromatic carbocycles. The van der Waals surface area contributed by atoms with Crippen molar-refractivity contribution in [1.29, 1.82) is 0 Å². The largest absolute Gasteiger partial charge is 0.291 e. The minimum absolute atomic E-state index is 0.201. The topological polar surface area (TPSA) is 25.8 Å². The van der Waals surface area contributed by atoms with Gasteiger partial charge in [-0.05, 0) is 6.92 Å². The number of nitrogens with zero attached hydrogens (tertiary/aromatic N) is 2. The maximum absolute atomic E-state index is 11.7. The molecule has 11 heavy (non-hydrogen) atoms. The average molecular weight is 180 g/mol. The highest BCUT2D eigenvalue weighted by atomic mass is 32.1. The minimum atomic E-state index is -2.48. The maximum atomic E-state index is 11.7. The zero-order valence-corrected chi connectivity index (χ0v) is 7.45. The van der Waals surface area contributed by atoms with E-state index in [0.29, 0.717) is 5.01 Å². The van der Waals surface area contributed by atoms with Crippen LogP contribution in [-0.4, -0.2) is 10.2 Å². The second kappa shape index (κ2) is 5.12. The molecule has 2 nitrogen and oxygen atoms in total. The molecule has 64 valence electrons. The molecule has 0 atom stereocenters. The van der Waals surface area contributed by atoms with Gasteiger partial charge in [0, 0.05) is 0 Å². The van der Waals surface area contributed by atoms with Crippen LogP contribution >= 0.6 is 11.3 Å². The molecule has 0 bridgehead atoms. The molecule has 1 aromatic heterocycles. The molecule has 0 saturated carbocycles. The lowest BCUT2D eigenvalue weighted by Gasteiger charge is -1.84. The van der Waals surface area contributed by atoms with Crippen molar-refractivity contribution in [1.82, 2.24) is 10.2 Å². The zero-order chi connectivity index (χ0) is 8.85. The summed E-state index contributed by atoms with van der Waals surface area (Å²) in [5, 5.41) is 7.03. The van der Waals surface area contributed by atoms with Crippen molar-refractivity contribution in [2.75, 3.05) is 0 Å². The number of hydrogen-bond donors (Lipinski definition) is 0. The fourth-order valence-corrected chi connectivity index (χ4v) is 0.955. The summed E-state index contributed by atoms with van der Waals surface area (Å²) >= 11 is 0.924. The van der Waals surface area contributed by atoms with Crippen LogP contribution in [0.5, 0.6) is 0 Å². The Labute approximate surface area is 68.3 Å². The fourth-order valence-electron chi connectivity index (χ4n) is 0.400. The molecule has 0 spiro atoms. The van der Waals surface area contributed by atoms with Crippen LogP contribution in [0.3, 0.4) is 0 Å². The van der Waals surface area contributed by atoms with Crippen molar-refractivity contribution < 1.29 is 8.78 Å². The van der Waals surface area contributed by atoms with Gasteiger partial charge in [0.05, 0.1) is 0 Å². The third-order valence-corrected chi connectivity index (χ3v) is 1.57. The second-order valence-corrected chi connectivity index (χ2v) is 2.67. The summed E-state index contributed by atoms with van der Waals surface area (Å²) in [6.45, 7) is 5.64. The van der Waals surface area contributed by atoms with Crippen LogP contribution in [0.25, 0.3) is 0 Å². The molecule has 0 aliphatic heterocycles. The fraction of sp³-hybridized carbons (Fsp3) is 0.667. The van der Waals surface area contributed by atoms with E-state index < -0.39 is 6.43 Å². The molecule has 0 fully saturated rings. The second-order valence-electron chi connectivity index (χ2n) is 1.46. The van der Waals surface area contributed by atoms with Crippen LogP contribution in [0, 0.1) is 6.92 Å². The Morgan fingerprint density at radius 3 is 2.00 bits per heavy atom. The quantitative estimate of drug-likeness (QED) is 0.664. The third kappa shape index (κ3) is 3.36. The molecule has 0 N–H and O–H groups in total. The van der Waals surface area contributed by atoms with Gasteiger partial charge in [-0.2, -0.15) is 0 Å². The van der Waals surface area contributed by atoms with Crippen LogP contribution in [0.15, 0.2) is 0 Å². The monoisotopic (exact) mass is 180 g/mol. The first-order valence-electron chi connectivity index (χ1n) is 3.28. The first-order chi connectivity index (χ1) is 5.20. The van der Waals surface area contributed by atoms with Crippen LogP contribution in [0.4, 0.5) is 8.78 Å². The van der Waals surface area contributed by atoms with E-state index in [9.17, 15) is 8.78 Å². The SMILES string of the molecule is CC.Cc1nnc(C(F)F)s1. The van der Waals surface area contributed by atoms with Crippen LogP contribution in [-0.2, 0) is 0 Å². The smallest absolute Gasteiger partial charge is 0.202 e. The maximum Gasteiger partial charge on any atom is 0.291 e.